The molecule has 72 valence electrons. The topological polar surface area (TPSA) is 60.4 Å². The average Bonchev–Trinajstić information content (AvgIpc) is 1.84. The molecule has 0 rings (SSSR count). The highest BCUT2D eigenvalue weighted by Crippen LogP contribution is 1.94. The molecule has 0 aliphatic heterocycles. The lowest BCUT2D eigenvalue weighted by molar-refractivity contribution is -0.114. The quantitative estimate of drug-likeness (QED) is 0.559. The van der Waals surface area contributed by atoms with Gasteiger partial charge in [0.15, 0.2) is 9.84 Å². The number of carbonyl (C=O) groups is 1. The molecule has 0 amide bonds. The molecule has 0 atom stereocenters. The van der Waals surface area contributed by atoms with Gasteiger partial charge in [0.1, 0.15) is 11.5 Å². The highest BCUT2D eigenvalue weighted by molar-refractivity contribution is 7.92. The number of rotatable bonds is 6. The lowest BCUT2D eigenvalue weighted by Gasteiger charge is -2.00. The fourth-order valence-electron chi connectivity index (χ4n) is 0.805. The van der Waals surface area contributed by atoms with E-state index in [0.29, 0.717) is 13.0 Å². The molecule has 0 unspecified atom stereocenters. The van der Waals surface area contributed by atoms with Crippen LogP contribution in [0.25, 0.3) is 0 Å². The van der Waals surface area contributed by atoms with Crippen LogP contribution in [0.1, 0.15) is 13.3 Å². The number of methoxy groups -OCH3 is 1. The van der Waals surface area contributed by atoms with Crippen molar-refractivity contribution in [2.24, 2.45) is 0 Å². The van der Waals surface area contributed by atoms with E-state index in [2.05, 4.69) is 0 Å². The number of sulfone groups is 1. The minimum Gasteiger partial charge on any atom is -0.385 e. The van der Waals surface area contributed by atoms with Crippen molar-refractivity contribution in [3.63, 3.8) is 0 Å². The molecule has 0 aromatic carbocycles. The Bertz CT molecular complexity index is 230. The summed E-state index contributed by atoms with van der Waals surface area (Å²) < 4.78 is 26.8. The summed E-state index contributed by atoms with van der Waals surface area (Å²) >= 11 is 0. The molecule has 5 heteroatoms. The van der Waals surface area contributed by atoms with E-state index >= 15 is 0 Å². The second-order valence-electron chi connectivity index (χ2n) is 2.64. The number of carbonyl (C=O) groups excluding carboxylic acids is 1. The predicted octanol–water partition coefficient (Wildman–Crippen LogP) is 0.0267. The van der Waals surface area contributed by atoms with Gasteiger partial charge in [0.2, 0.25) is 0 Å². The van der Waals surface area contributed by atoms with Gasteiger partial charge in [0, 0.05) is 13.7 Å². The largest absolute Gasteiger partial charge is 0.385 e. The number of ether oxygens (including phenoxy) is 1. The Hall–Kier alpha value is -0.420. The predicted molar refractivity (Wildman–Crippen MR) is 45.8 cm³/mol. The molecule has 0 spiro atoms. The van der Waals surface area contributed by atoms with Gasteiger partial charge in [-0.2, -0.15) is 0 Å². The van der Waals surface area contributed by atoms with Crippen LogP contribution in [-0.4, -0.2) is 39.4 Å². The van der Waals surface area contributed by atoms with Crippen LogP contribution in [0.3, 0.4) is 0 Å². The highest BCUT2D eigenvalue weighted by Gasteiger charge is 2.12. The van der Waals surface area contributed by atoms with Crippen molar-refractivity contribution in [3.8, 4) is 0 Å². The van der Waals surface area contributed by atoms with Crippen LogP contribution in [0.5, 0.6) is 0 Å². The smallest absolute Gasteiger partial charge is 0.157 e. The van der Waals surface area contributed by atoms with Crippen molar-refractivity contribution >= 4 is 15.6 Å². The molecule has 0 heterocycles. The first kappa shape index (κ1) is 11.6. The number of Topliss-reactive ketones (excluding diaryl/α,β-unsaturated/α-hetero) is 1. The summed E-state index contributed by atoms with van der Waals surface area (Å²) in [5.41, 5.74) is 0. The number of hydrogen-bond donors (Lipinski definition) is 0. The van der Waals surface area contributed by atoms with E-state index < -0.39 is 9.84 Å². The Morgan fingerprint density at radius 3 is 2.42 bits per heavy atom. The van der Waals surface area contributed by atoms with Crippen molar-refractivity contribution < 1.29 is 17.9 Å². The molecule has 0 aliphatic carbocycles. The van der Waals surface area contributed by atoms with Crippen molar-refractivity contribution in [2.45, 2.75) is 13.3 Å². The fraction of sp³-hybridized carbons (Fsp3) is 0.857. The van der Waals surface area contributed by atoms with Crippen LogP contribution in [0, 0.1) is 0 Å². The van der Waals surface area contributed by atoms with Crippen molar-refractivity contribution in [1.29, 1.82) is 0 Å². The summed E-state index contributed by atoms with van der Waals surface area (Å²) in [6.45, 7) is 1.69. The molecule has 0 N–H and O–H groups in total. The zero-order valence-corrected chi connectivity index (χ0v) is 8.19. The molecule has 12 heavy (non-hydrogen) atoms. The van der Waals surface area contributed by atoms with Gasteiger partial charge in [0.25, 0.3) is 0 Å². The minimum atomic E-state index is -3.18. The van der Waals surface area contributed by atoms with Crippen molar-refractivity contribution in [2.75, 3.05) is 25.2 Å². The molecule has 0 aliphatic rings. The van der Waals surface area contributed by atoms with Gasteiger partial charge < -0.3 is 4.74 Å². The third-order valence-corrected chi connectivity index (χ3v) is 2.98. The van der Waals surface area contributed by atoms with E-state index in [4.69, 9.17) is 4.74 Å². The monoisotopic (exact) mass is 194 g/mol. The van der Waals surface area contributed by atoms with Gasteiger partial charge in [-0.15, -0.1) is 0 Å². The second-order valence-corrected chi connectivity index (χ2v) is 4.82. The fourth-order valence-corrected chi connectivity index (χ4v) is 2.13. The lowest BCUT2D eigenvalue weighted by atomic mass is 10.5. The van der Waals surface area contributed by atoms with Crippen molar-refractivity contribution in [3.05, 3.63) is 0 Å². The second kappa shape index (κ2) is 5.27. The van der Waals surface area contributed by atoms with Gasteiger partial charge in [-0.05, 0) is 13.3 Å². The minimum absolute atomic E-state index is 0.0282. The van der Waals surface area contributed by atoms with Gasteiger partial charge in [0.05, 0.1) is 5.75 Å². The summed E-state index contributed by atoms with van der Waals surface area (Å²) in [6, 6.07) is 0. The van der Waals surface area contributed by atoms with Crippen LogP contribution >= 0.6 is 0 Å². The third kappa shape index (κ3) is 6.30. The lowest BCUT2D eigenvalue weighted by Crippen LogP contribution is -2.17. The molecule has 0 saturated heterocycles. The zero-order chi connectivity index (χ0) is 9.61. The molecule has 0 fully saturated rings. The Kier molecular flexibility index (Phi) is 5.08. The van der Waals surface area contributed by atoms with Crippen LogP contribution in [0.2, 0.25) is 0 Å². The molecule has 0 aromatic rings. The van der Waals surface area contributed by atoms with Crippen LogP contribution in [-0.2, 0) is 19.4 Å². The molecule has 0 aromatic heterocycles. The maximum Gasteiger partial charge on any atom is 0.157 e. The van der Waals surface area contributed by atoms with E-state index in [-0.39, 0.29) is 17.3 Å². The summed E-state index contributed by atoms with van der Waals surface area (Å²) in [6.07, 6.45) is 0.451. The molecular weight excluding hydrogens is 180 g/mol. The normalized spacial score (nSPS) is 11.5. The first-order valence-electron chi connectivity index (χ1n) is 3.67. The average molecular weight is 194 g/mol. The third-order valence-electron chi connectivity index (χ3n) is 1.23. The summed E-state index contributed by atoms with van der Waals surface area (Å²) in [4.78, 5) is 10.5. The van der Waals surface area contributed by atoms with Gasteiger partial charge in [-0.3, -0.25) is 4.79 Å². The maximum absolute atomic E-state index is 11.0. The molecule has 0 bridgehead atoms. The van der Waals surface area contributed by atoms with Crippen LogP contribution in [0.15, 0.2) is 0 Å². The number of ketones is 1. The SMILES string of the molecule is COCCCS(=O)(=O)CC(C)=O. The van der Waals surface area contributed by atoms with Crippen LogP contribution < -0.4 is 0 Å². The molecular formula is C7H14O4S. The highest BCUT2D eigenvalue weighted by atomic mass is 32.2. The van der Waals surface area contributed by atoms with Crippen LogP contribution in [0.4, 0.5) is 0 Å². The summed E-state index contributed by atoms with van der Waals surface area (Å²) in [7, 11) is -1.67. The van der Waals surface area contributed by atoms with Gasteiger partial charge >= 0.3 is 0 Å². The van der Waals surface area contributed by atoms with E-state index in [1.54, 1.807) is 0 Å². The standard InChI is InChI=1S/C7H14O4S/c1-7(8)6-12(9,10)5-3-4-11-2/h3-6H2,1-2H3. The summed E-state index contributed by atoms with van der Waals surface area (Å²) in [5.74, 6) is -0.635. The van der Waals surface area contributed by atoms with E-state index in [1.165, 1.54) is 14.0 Å². The molecule has 0 saturated carbocycles. The van der Waals surface area contributed by atoms with E-state index in [0.717, 1.165) is 0 Å². The Morgan fingerprint density at radius 2 is 2.00 bits per heavy atom. The Labute approximate surface area is 72.8 Å². The van der Waals surface area contributed by atoms with E-state index in [9.17, 15) is 13.2 Å². The first-order chi connectivity index (χ1) is 5.48. The first-order valence-corrected chi connectivity index (χ1v) is 5.49. The zero-order valence-electron chi connectivity index (χ0n) is 7.37. The Morgan fingerprint density at radius 1 is 1.42 bits per heavy atom. The number of hydrogen-bond acceptors (Lipinski definition) is 4. The van der Waals surface area contributed by atoms with E-state index in [1.807, 2.05) is 0 Å². The van der Waals surface area contributed by atoms with Gasteiger partial charge in [-0.25, -0.2) is 8.42 Å². The van der Waals surface area contributed by atoms with Crippen molar-refractivity contribution in [1.82, 2.24) is 0 Å². The van der Waals surface area contributed by atoms with Gasteiger partial charge in [-0.1, -0.05) is 0 Å². The maximum atomic E-state index is 11.0. The molecule has 4 nitrogen and oxygen atoms in total. The molecule has 0 radical (unpaired) electrons. The Balaban J connectivity index is 3.81. The summed E-state index contributed by atoms with van der Waals surface area (Å²) in [5, 5.41) is 0.